The molecule has 0 atom stereocenters. The Morgan fingerprint density at radius 3 is 1.41 bits per heavy atom. The predicted molar refractivity (Wildman–Crippen MR) is 288 cm³/mol. The first kappa shape index (κ1) is 42.0. The van der Waals surface area contributed by atoms with E-state index in [-0.39, 0.29) is 6.39 Å². The summed E-state index contributed by atoms with van der Waals surface area (Å²) in [4.78, 5) is 0. The molecule has 11 aromatic rings. The maximum atomic E-state index is 6.16. The summed E-state index contributed by atoms with van der Waals surface area (Å²) in [5, 5.41) is 7.24. The zero-order valence-electron chi connectivity index (χ0n) is 35.1. The smallest absolute Gasteiger partial charge is 0.135 e. The number of benzene rings is 8. The molecule has 0 unspecified atom stereocenters. The van der Waals surface area contributed by atoms with Crippen LogP contribution in [0.4, 0.5) is 0 Å². The van der Waals surface area contributed by atoms with Gasteiger partial charge in [-0.05, 0) is 95.1 Å². The fourth-order valence-electron chi connectivity index (χ4n) is 9.45. The average Bonchev–Trinajstić information content (AvgIpc) is 3.98. The lowest BCUT2D eigenvalue weighted by Crippen LogP contribution is -2.69. The highest BCUT2D eigenvalue weighted by Gasteiger charge is 2.32. The van der Waals surface area contributed by atoms with Gasteiger partial charge in [0.25, 0.3) is 0 Å². The molecule has 16 heteroatoms. The second-order valence-corrected chi connectivity index (χ2v) is 16.4. The molecule has 0 N–H and O–H groups in total. The Morgan fingerprint density at radius 1 is 0.359 bits per heavy atom. The van der Waals surface area contributed by atoms with Crippen molar-refractivity contribution in [2.45, 2.75) is 0 Å². The zero-order valence-corrected chi connectivity index (χ0v) is 35.1. The Labute approximate surface area is 385 Å². The predicted octanol–water partition coefficient (Wildman–Crippen LogP) is 8.16. The van der Waals surface area contributed by atoms with E-state index in [0.29, 0.717) is 0 Å². The molecule has 0 aliphatic rings. The molecule has 3 aromatic heterocycles. The number of hydrogen-bond donors (Lipinski definition) is 0. The van der Waals surface area contributed by atoms with E-state index in [1.165, 1.54) is 72.9 Å². The monoisotopic (exact) mass is 793 g/mol. The fourth-order valence-corrected chi connectivity index (χ4v) is 9.45. The quantitative estimate of drug-likeness (QED) is 0.136. The van der Waals surface area contributed by atoms with Crippen molar-refractivity contribution >= 4 is 159 Å². The first-order valence-electron chi connectivity index (χ1n) is 21.4. The van der Waals surface area contributed by atoms with Crippen LogP contribution in [0.15, 0.2) is 186 Å². The maximum absolute atomic E-state index is 6.16. The molecule has 0 saturated carbocycles. The molecule has 0 saturated heterocycles. The van der Waals surface area contributed by atoms with Crippen molar-refractivity contribution < 1.29 is 4.42 Å². The SMILES string of the molecule is [B][B]B(B([B])[B])B(B([B])[B])B([B])[B].c1ccc(-c2cccc(-n3c4ccccc4c4cc(-c5ccc6c(c5)c5ccccc5n6-c5ccc6oc7ccccc7c6c5)ccc43)c2)cc1. The van der Waals surface area contributed by atoms with Gasteiger partial charge in [-0.2, -0.15) is 0 Å². The molecule has 277 valence electrons. The van der Waals surface area contributed by atoms with Crippen molar-refractivity contribution in [3.05, 3.63) is 182 Å². The summed E-state index contributed by atoms with van der Waals surface area (Å²) in [7, 11) is 39.5. The molecular weight excluding hydrogens is 761 g/mol. The summed E-state index contributed by atoms with van der Waals surface area (Å²) in [6.07, 6.45) is -2.87. The molecule has 0 aliphatic carbocycles. The highest BCUT2D eigenvalue weighted by Crippen LogP contribution is 2.39. The van der Waals surface area contributed by atoms with Crippen LogP contribution in [0.5, 0.6) is 0 Å². The topological polar surface area (TPSA) is 23.0 Å². The Balaban J connectivity index is 0.000000327. The molecule has 0 aliphatic heterocycles. The average molecular weight is 791 g/mol. The number of furan rings is 1. The molecule has 3 heterocycles. The maximum Gasteiger partial charge on any atom is 0.135 e. The van der Waals surface area contributed by atoms with Gasteiger partial charge in [0.05, 0.1) is 22.1 Å². The van der Waals surface area contributed by atoms with Crippen molar-refractivity contribution in [1.29, 1.82) is 0 Å². The van der Waals surface area contributed by atoms with Gasteiger partial charge in [0.1, 0.15) is 11.2 Å². The number of hydrogen-bond acceptors (Lipinski definition) is 1. The summed E-state index contributed by atoms with van der Waals surface area (Å²) in [5.41, 5.74) is 13.7. The summed E-state index contributed by atoms with van der Waals surface area (Å²) in [6.45, 7) is 0. The van der Waals surface area contributed by atoms with E-state index >= 15 is 0 Å². The van der Waals surface area contributed by atoms with E-state index in [4.69, 9.17) is 58.6 Å². The molecule has 0 spiro atoms. The van der Waals surface area contributed by atoms with Gasteiger partial charge in [-0.3, -0.25) is 0 Å². The van der Waals surface area contributed by atoms with Crippen molar-refractivity contribution in [2.24, 2.45) is 0 Å². The fraction of sp³-hybridized carbons (Fsp3) is 0. The first-order chi connectivity index (χ1) is 31.2. The van der Waals surface area contributed by atoms with Crippen LogP contribution in [0.1, 0.15) is 0 Å². The van der Waals surface area contributed by atoms with E-state index in [1.54, 1.807) is 0 Å². The molecule has 0 fully saturated rings. The minimum atomic E-state index is -0.695. The van der Waals surface area contributed by atoms with Gasteiger partial charge in [-0.15, -0.1) is 0 Å². The summed E-state index contributed by atoms with van der Waals surface area (Å²) in [6, 6.07) is 65.6. The van der Waals surface area contributed by atoms with E-state index in [9.17, 15) is 0 Å². The van der Waals surface area contributed by atoms with Crippen LogP contribution in [-0.2, 0) is 0 Å². The largest absolute Gasteiger partial charge is 0.456 e. The van der Waals surface area contributed by atoms with Crippen LogP contribution in [0.25, 0.3) is 99.2 Å². The lowest BCUT2D eigenvalue weighted by molar-refractivity contribution is 0.669. The number of nitrogens with zero attached hydrogens (tertiary/aromatic N) is 2. The van der Waals surface area contributed by atoms with Gasteiger partial charge in [0.15, 0.2) is 0 Å². The normalized spacial score (nSPS) is 11.2. The number of para-hydroxylation sites is 3. The Hall–Kier alpha value is -6.00. The Bertz CT molecular complexity index is 3470. The zero-order chi connectivity index (χ0) is 44.1. The van der Waals surface area contributed by atoms with Crippen molar-refractivity contribution in [2.75, 3.05) is 0 Å². The van der Waals surface area contributed by atoms with Crippen LogP contribution in [0.3, 0.4) is 0 Å². The van der Waals surface area contributed by atoms with E-state index < -0.39 is 25.5 Å². The van der Waals surface area contributed by atoms with E-state index in [0.717, 1.165) is 33.3 Å². The highest BCUT2D eigenvalue weighted by atomic mass is 16.3. The van der Waals surface area contributed by atoms with Gasteiger partial charge < -0.3 is 13.6 Å². The molecule has 15 radical (unpaired) electrons. The third-order valence-electron chi connectivity index (χ3n) is 12.5. The standard InChI is InChI=1S/C48H30N2O.B13/c1-2-11-31(12-3-1)32-13-10-14-35(27-32)49-43-18-7-4-15-37(43)40-28-33(21-24-45(40)49)34-22-25-46-41(29-34)38-16-5-8-19-44(38)50(46)36-23-26-48-42(30-36)39-17-6-9-20-47(39)51-48;1-8-12(9(2)3)13(10(4)5)11(6)7/h1-30H;. The van der Waals surface area contributed by atoms with Crippen LogP contribution < -0.4 is 0 Å². The third kappa shape index (κ3) is 7.53. The van der Waals surface area contributed by atoms with Crippen LogP contribution in [-0.4, -0.2) is 102 Å². The second kappa shape index (κ2) is 17.5. The minimum Gasteiger partial charge on any atom is -0.456 e. The summed E-state index contributed by atoms with van der Waals surface area (Å²) in [5.74, 6) is 0. The minimum absolute atomic E-state index is 0.389. The molecule has 11 rings (SSSR count). The first-order valence-corrected chi connectivity index (χ1v) is 21.4. The lowest BCUT2D eigenvalue weighted by Gasteiger charge is -2.31. The van der Waals surface area contributed by atoms with E-state index in [2.05, 4.69) is 179 Å². The number of rotatable bonds is 9. The molecule has 0 bridgehead atoms. The highest BCUT2D eigenvalue weighted by molar-refractivity contribution is 8.07. The van der Waals surface area contributed by atoms with Crippen molar-refractivity contribution in [3.63, 3.8) is 0 Å². The van der Waals surface area contributed by atoms with Crippen LogP contribution in [0.2, 0.25) is 0 Å². The van der Waals surface area contributed by atoms with Gasteiger partial charge in [-0.25, -0.2) is 0 Å². The van der Waals surface area contributed by atoms with Gasteiger partial charge in [0, 0.05) is 137 Å². The number of fused-ring (bicyclic) bond motifs is 9. The third-order valence-corrected chi connectivity index (χ3v) is 12.5. The van der Waals surface area contributed by atoms with Gasteiger partial charge in [0.2, 0.25) is 0 Å². The Kier molecular flexibility index (Phi) is 11.5. The molecule has 3 nitrogen and oxygen atoms in total. The molecule has 0 amide bonds. The summed E-state index contributed by atoms with van der Waals surface area (Å²) < 4.78 is 10.9. The molecule has 64 heavy (non-hydrogen) atoms. The van der Waals surface area contributed by atoms with Gasteiger partial charge >= 0.3 is 0 Å². The second-order valence-electron chi connectivity index (χ2n) is 16.4. The van der Waals surface area contributed by atoms with E-state index in [1.807, 2.05) is 12.1 Å². The lowest BCUT2D eigenvalue weighted by atomic mass is 8.50. The van der Waals surface area contributed by atoms with Crippen LogP contribution >= 0.6 is 0 Å². The van der Waals surface area contributed by atoms with Crippen molar-refractivity contribution in [3.8, 4) is 33.6 Å². The van der Waals surface area contributed by atoms with Gasteiger partial charge in [-0.1, -0.05) is 109 Å². The number of aromatic nitrogens is 2. The Morgan fingerprint density at radius 2 is 0.844 bits per heavy atom. The summed E-state index contributed by atoms with van der Waals surface area (Å²) >= 11 is 0. The molecule has 8 aromatic carbocycles. The molecular formula is C48H30B13N2O. The van der Waals surface area contributed by atoms with Crippen LogP contribution in [0, 0.1) is 0 Å². The van der Waals surface area contributed by atoms with Crippen molar-refractivity contribution in [1.82, 2.24) is 9.13 Å².